The SMILES string of the molecule is CC(C)C(=O)N1CCN(C(=O)CCO)CC1. The Balaban J connectivity index is 2.39. The molecule has 0 spiro atoms. The molecular weight excluding hydrogens is 208 g/mol. The van der Waals surface area contributed by atoms with Crippen LogP contribution >= 0.6 is 0 Å². The first-order chi connectivity index (χ1) is 7.56. The summed E-state index contributed by atoms with van der Waals surface area (Å²) in [6.45, 7) is 6.03. The lowest BCUT2D eigenvalue weighted by molar-refractivity contribution is -0.141. The van der Waals surface area contributed by atoms with Crippen molar-refractivity contribution in [3.05, 3.63) is 0 Å². The van der Waals surface area contributed by atoms with Crippen molar-refractivity contribution in [1.82, 2.24) is 9.80 Å². The van der Waals surface area contributed by atoms with Crippen molar-refractivity contribution >= 4 is 11.8 Å². The highest BCUT2D eigenvalue weighted by atomic mass is 16.3. The predicted octanol–water partition coefficient (Wildman–Crippen LogP) is -0.304. The van der Waals surface area contributed by atoms with Gasteiger partial charge in [0.2, 0.25) is 11.8 Å². The normalized spacial score (nSPS) is 16.8. The Hall–Kier alpha value is -1.10. The highest BCUT2D eigenvalue weighted by molar-refractivity contribution is 5.79. The Morgan fingerprint density at radius 3 is 2.06 bits per heavy atom. The minimum absolute atomic E-state index is 0.0136. The van der Waals surface area contributed by atoms with Crippen molar-refractivity contribution < 1.29 is 14.7 Å². The predicted molar refractivity (Wildman–Crippen MR) is 59.7 cm³/mol. The van der Waals surface area contributed by atoms with Crippen molar-refractivity contribution in [2.24, 2.45) is 5.92 Å². The molecule has 0 unspecified atom stereocenters. The standard InChI is InChI=1S/C11H20N2O3/c1-9(2)11(16)13-6-4-12(5-7-13)10(15)3-8-14/h9,14H,3-8H2,1-2H3. The lowest BCUT2D eigenvalue weighted by atomic mass is 10.1. The van der Waals surface area contributed by atoms with Gasteiger partial charge in [0.25, 0.3) is 0 Å². The average Bonchev–Trinajstić information content (AvgIpc) is 2.28. The monoisotopic (exact) mass is 228 g/mol. The number of hydrogen-bond donors (Lipinski definition) is 1. The number of piperazine rings is 1. The first kappa shape index (κ1) is 13.0. The summed E-state index contributed by atoms with van der Waals surface area (Å²) in [5, 5.41) is 8.67. The third-order valence-corrected chi connectivity index (χ3v) is 2.76. The molecule has 0 atom stereocenters. The molecule has 0 radical (unpaired) electrons. The number of carbonyl (C=O) groups excluding carboxylic acids is 2. The molecule has 5 nitrogen and oxygen atoms in total. The zero-order valence-electron chi connectivity index (χ0n) is 9.98. The fourth-order valence-corrected chi connectivity index (χ4v) is 1.80. The first-order valence-corrected chi connectivity index (χ1v) is 5.73. The van der Waals surface area contributed by atoms with E-state index in [1.54, 1.807) is 9.80 Å². The van der Waals surface area contributed by atoms with E-state index >= 15 is 0 Å². The van der Waals surface area contributed by atoms with Gasteiger partial charge in [-0.3, -0.25) is 9.59 Å². The van der Waals surface area contributed by atoms with Gasteiger partial charge < -0.3 is 14.9 Å². The van der Waals surface area contributed by atoms with Gasteiger partial charge >= 0.3 is 0 Å². The van der Waals surface area contributed by atoms with Crippen LogP contribution in [0.5, 0.6) is 0 Å². The topological polar surface area (TPSA) is 60.9 Å². The van der Waals surface area contributed by atoms with Crippen molar-refractivity contribution in [2.45, 2.75) is 20.3 Å². The van der Waals surface area contributed by atoms with Crippen LogP contribution in [0.1, 0.15) is 20.3 Å². The lowest BCUT2D eigenvalue weighted by Crippen LogP contribution is -2.51. The summed E-state index contributed by atoms with van der Waals surface area (Å²) in [4.78, 5) is 26.7. The van der Waals surface area contributed by atoms with Gasteiger partial charge in [0, 0.05) is 38.5 Å². The molecule has 0 aromatic heterocycles. The quantitative estimate of drug-likeness (QED) is 0.721. The summed E-state index contributed by atoms with van der Waals surface area (Å²) >= 11 is 0. The van der Waals surface area contributed by atoms with E-state index in [0.29, 0.717) is 26.2 Å². The molecule has 0 aliphatic carbocycles. The molecule has 1 fully saturated rings. The van der Waals surface area contributed by atoms with Gasteiger partial charge in [-0.25, -0.2) is 0 Å². The fraction of sp³-hybridized carbons (Fsp3) is 0.818. The molecular formula is C11H20N2O3. The Morgan fingerprint density at radius 2 is 1.62 bits per heavy atom. The fourth-order valence-electron chi connectivity index (χ4n) is 1.80. The largest absolute Gasteiger partial charge is 0.396 e. The molecule has 0 aromatic carbocycles. The number of nitrogens with zero attached hydrogens (tertiary/aromatic N) is 2. The van der Waals surface area contributed by atoms with Gasteiger partial charge in [0.1, 0.15) is 0 Å². The second-order valence-electron chi connectivity index (χ2n) is 4.33. The average molecular weight is 228 g/mol. The smallest absolute Gasteiger partial charge is 0.225 e. The van der Waals surface area contributed by atoms with Crippen LogP contribution in [0.25, 0.3) is 0 Å². The van der Waals surface area contributed by atoms with E-state index in [2.05, 4.69) is 0 Å². The zero-order valence-corrected chi connectivity index (χ0v) is 9.98. The van der Waals surface area contributed by atoms with E-state index in [0.717, 1.165) is 0 Å². The van der Waals surface area contributed by atoms with Gasteiger partial charge in [0.15, 0.2) is 0 Å². The van der Waals surface area contributed by atoms with Crippen molar-refractivity contribution in [1.29, 1.82) is 0 Å². The third-order valence-electron chi connectivity index (χ3n) is 2.76. The summed E-state index contributed by atoms with van der Waals surface area (Å²) in [7, 11) is 0. The van der Waals surface area contributed by atoms with Crippen LogP contribution in [0, 0.1) is 5.92 Å². The van der Waals surface area contributed by atoms with Crippen LogP contribution in [0.15, 0.2) is 0 Å². The van der Waals surface area contributed by atoms with E-state index in [1.165, 1.54) is 0 Å². The second kappa shape index (κ2) is 5.84. The van der Waals surface area contributed by atoms with Gasteiger partial charge in [-0.15, -0.1) is 0 Å². The Kier molecular flexibility index (Phi) is 4.73. The minimum atomic E-state index is -0.107. The summed E-state index contributed by atoms with van der Waals surface area (Å²) in [5.74, 6) is 0.132. The number of hydrogen-bond acceptors (Lipinski definition) is 3. The first-order valence-electron chi connectivity index (χ1n) is 5.73. The van der Waals surface area contributed by atoms with E-state index < -0.39 is 0 Å². The molecule has 5 heteroatoms. The lowest BCUT2D eigenvalue weighted by Gasteiger charge is -2.35. The van der Waals surface area contributed by atoms with Crippen molar-refractivity contribution in [3.63, 3.8) is 0 Å². The Morgan fingerprint density at radius 1 is 1.12 bits per heavy atom. The molecule has 1 saturated heterocycles. The van der Waals surface area contributed by atoms with Crippen LogP contribution in [-0.2, 0) is 9.59 Å². The van der Waals surface area contributed by atoms with Gasteiger partial charge in [-0.2, -0.15) is 0 Å². The summed E-state index contributed by atoms with van der Waals surface area (Å²) in [5.41, 5.74) is 0. The van der Waals surface area contributed by atoms with E-state index in [4.69, 9.17) is 5.11 Å². The maximum Gasteiger partial charge on any atom is 0.225 e. The van der Waals surface area contributed by atoms with Gasteiger partial charge in [0.05, 0.1) is 6.61 Å². The number of amides is 2. The second-order valence-corrected chi connectivity index (χ2v) is 4.33. The van der Waals surface area contributed by atoms with Crippen LogP contribution < -0.4 is 0 Å². The van der Waals surface area contributed by atoms with Gasteiger partial charge in [-0.05, 0) is 0 Å². The van der Waals surface area contributed by atoms with Crippen molar-refractivity contribution in [2.75, 3.05) is 32.8 Å². The Bertz CT molecular complexity index is 258. The summed E-state index contributed by atoms with van der Waals surface area (Å²) < 4.78 is 0. The minimum Gasteiger partial charge on any atom is -0.396 e. The molecule has 1 aliphatic rings. The number of rotatable bonds is 3. The maximum absolute atomic E-state index is 11.7. The van der Waals surface area contributed by atoms with Crippen LogP contribution in [0.4, 0.5) is 0 Å². The molecule has 0 aromatic rings. The molecule has 92 valence electrons. The van der Waals surface area contributed by atoms with Crippen LogP contribution in [-0.4, -0.2) is 59.5 Å². The molecule has 1 heterocycles. The Labute approximate surface area is 96.0 Å². The number of aliphatic hydroxyl groups excluding tert-OH is 1. The molecule has 1 N–H and O–H groups in total. The summed E-state index contributed by atoms with van der Waals surface area (Å²) in [6.07, 6.45) is 0.179. The molecule has 2 amide bonds. The molecule has 1 rings (SSSR count). The highest BCUT2D eigenvalue weighted by Gasteiger charge is 2.24. The van der Waals surface area contributed by atoms with E-state index in [1.807, 2.05) is 13.8 Å². The molecule has 1 aliphatic heterocycles. The van der Waals surface area contributed by atoms with Crippen LogP contribution in [0.3, 0.4) is 0 Å². The number of aliphatic hydroxyl groups is 1. The van der Waals surface area contributed by atoms with Gasteiger partial charge in [-0.1, -0.05) is 13.8 Å². The molecule has 0 bridgehead atoms. The number of carbonyl (C=O) groups is 2. The summed E-state index contributed by atoms with van der Waals surface area (Å²) in [6, 6.07) is 0. The molecule has 0 saturated carbocycles. The van der Waals surface area contributed by atoms with Crippen molar-refractivity contribution in [3.8, 4) is 0 Å². The zero-order chi connectivity index (χ0) is 12.1. The molecule has 16 heavy (non-hydrogen) atoms. The van der Waals surface area contributed by atoms with E-state index in [9.17, 15) is 9.59 Å². The van der Waals surface area contributed by atoms with E-state index in [-0.39, 0.29) is 30.8 Å². The van der Waals surface area contributed by atoms with Crippen LogP contribution in [0.2, 0.25) is 0 Å². The maximum atomic E-state index is 11.7. The highest BCUT2D eigenvalue weighted by Crippen LogP contribution is 2.07. The third kappa shape index (κ3) is 3.20.